The van der Waals surface area contributed by atoms with Crippen molar-refractivity contribution < 1.29 is 13.9 Å². The van der Waals surface area contributed by atoms with Crippen LogP contribution in [-0.4, -0.2) is 28.4 Å². The highest BCUT2D eigenvalue weighted by Crippen LogP contribution is 2.33. The maximum atomic E-state index is 13.3. The van der Waals surface area contributed by atoms with Crippen LogP contribution in [0.4, 0.5) is 15.8 Å². The molecule has 0 bridgehead atoms. The first-order chi connectivity index (χ1) is 15.7. The van der Waals surface area contributed by atoms with Crippen LogP contribution in [0.1, 0.15) is 5.69 Å². The molecule has 1 aliphatic rings. The van der Waals surface area contributed by atoms with E-state index in [2.05, 4.69) is 20.4 Å². The van der Waals surface area contributed by atoms with Gasteiger partial charge in [-0.05, 0) is 54.6 Å². The van der Waals surface area contributed by atoms with Crippen molar-refractivity contribution in [2.75, 3.05) is 11.9 Å². The van der Waals surface area contributed by atoms with E-state index in [1.165, 1.54) is 23.5 Å². The average Bonchev–Trinajstić information content (AvgIpc) is 3.21. The number of fused-ring (bicyclic) bond motifs is 1. The molecule has 2 aromatic heterocycles. The smallest absolute Gasteiger partial charge is 0.262 e. The van der Waals surface area contributed by atoms with Crippen molar-refractivity contribution in [3.05, 3.63) is 88.6 Å². The number of anilines is 1. The minimum atomic E-state index is -0.324. The zero-order valence-corrected chi connectivity index (χ0v) is 17.4. The summed E-state index contributed by atoms with van der Waals surface area (Å²) < 4.78 is 20.4. The number of halogens is 1. The van der Waals surface area contributed by atoms with Gasteiger partial charge in [0.05, 0.1) is 29.0 Å². The first kappa shape index (κ1) is 19.8. The lowest BCUT2D eigenvalue weighted by atomic mass is 10.1. The minimum Gasteiger partial charge on any atom is -0.482 e. The predicted molar refractivity (Wildman–Crippen MR) is 121 cm³/mol. The molecule has 32 heavy (non-hydrogen) atoms. The Labute approximate surface area is 186 Å². The normalized spacial score (nSPS) is 13.7. The van der Waals surface area contributed by atoms with Gasteiger partial charge in [-0.2, -0.15) is 5.10 Å². The molecule has 0 unspecified atom stereocenters. The van der Waals surface area contributed by atoms with E-state index in [9.17, 15) is 9.18 Å². The highest BCUT2D eigenvalue weighted by Gasteiger charge is 2.17. The number of thiazole rings is 1. The van der Waals surface area contributed by atoms with Gasteiger partial charge in [0.2, 0.25) is 4.80 Å². The van der Waals surface area contributed by atoms with E-state index in [0.717, 1.165) is 11.3 Å². The number of carbonyl (C=O) groups excluding carboxylic acids is 1. The van der Waals surface area contributed by atoms with Gasteiger partial charge < -0.3 is 10.1 Å². The molecule has 3 heterocycles. The number of nitrogens with zero attached hydrogens (tertiary/aromatic N) is 4. The molecule has 1 aliphatic heterocycles. The van der Waals surface area contributed by atoms with Crippen molar-refractivity contribution in [3.8, 4) is 17.0 Å². The van der Waals surface area contributed by atoms with Crippen molar-refractivity contribution in [2.45, 2.75) is 0 Å². The van der Waals surface area contributed by atoms with Crippen LogP contribution in [0.2, 0.25) is 0 Å². The van der Waals surface area contributed by atoms with Crippen molar-refractivity contribution in [1.29, 1.82) is 0 Å². The highest BCUT2D eigenvalue weighted by molar-refractivity contribution is 7.07. The third kappa shape index (κ3) is 4.19. The molecule has 1 amide bonds. The van der Waals surface area contributed by atoms with Crippen molar-refractivity contribution in [2.24, 2.45) is 10.1 Å². The second kappa shape index (κ2) is 8.56. The number of carbonyl (C=O) groups is 1. The van der Waals surface area contributed by atoms with E-state index >= 15 is 0 Å². The molecule has 0 atom stereocenters. The van der Waals surface area contributed by atoms with E-state index < -0.39 is 0 Å². The van der Waals surface area contributed by atoms with Gasteiger partial charge >= 0.3 is 0 Å². The Balaban J connectivity index is 1.62. The lowest BCUT2D eigenvalue weighted by Crippen LogP contribution is -2.25. The minimum absolute atomic E-state index is 0.000134. The molecule has 4 aromatic rings. The zero-order chi connectivity index (χ0) is 21.9. The molecular weight excluding hydrogens is 429 g/mol. The number of benzene rings is 2. The third-order valence-corrected chi connectivity index (χ3v) is 5.45. The molecule has 0 saturated carbocycles. The second-order valence-electron chi connectivity index (χ2n) is 6.85. The predicted octanol–water partition coefficient (Wildman–Crippen LogP) is 4.20. The Kier molecular flexibility index (Phi) is 5.30. The Hall–Kier alpha value is -4.11. The van der Waals surface area contributed by atoms with Gasteiger partial charge in [0, 0.05) is 17.1 Å². The monoisotopic (exact) mass is 445 g/mol. The summed E-state index contributed by atoms with van der Waals surface area (Å²) in [6.45, 7) is -0.000134. The number of pyridine rings is 1. The fraction of sp³-hybridized carbons (Fsp3) is 0.0435. The zero-order valence-electron chi connectivity index (χ0n) is 16.6. The van der Waals surface area contributed by atoms with Crippen LogP contribution in [0.25, 0.3) is 11.3 Å². The summed E-state index contributed by atoms with van der Waals surface area (Å²) in [6, 6.07) is 17.0. The van der Waals surface area contributed by atoms with Crippen molar-refractivity contribution in [3.63, 3.8) is 0 Å². The number of hydrogen-bond donors (Lipinski definition) is 1. The van der Waals surface area contributed by atoms with E-state index in [1.54, 1.807) is 29.2 Å². The summed E-state index contributed by atoms with van der Waals surface area (Å²) in [5, 5.41) is 9.35. The molecular formula is C23H16FN5O2S. The summed E-state index contributed by atoms with van der Waals surface area (Å²) in [7, 11) is 0. The Morgan fingerprint density at radius 3 is 2.84 bits per heavy atom. The van der Waals surface area contributed by atoms with Crippen LogP contribution < -0.4 is 14.9 Å². The van der Waals surface area contributed by atoms with Gasteiger partial charge in [-0.1, -0.05) is 6.07 Å². The number of rotatable bonds is 4. The molecule has 0 fully saturated rings. The van der Waals surface area contributed by atoms with Crippen molar-refractivity contribution >= 4 is 34.8 Å². The van der Waals surface area contributed by atoms with Gasteiger partial charge in [-0.25, -0.2) is 14.1 Å². The number of hydrogen-bond acceptors (Lipinski definition) is 6. The molecule has 0 radical (unpaired) electrons. The molecule has 0 saturated heterocycles. The van der Waals surface area contributed by atoms with Crippen LogP contribution in [0, 0.1) is 5.82 Å². The lowest BCUT2D eigenvalue weighted by molar-refractivity contribution is -0.118. The van der Waals surface area contributed by atoms with Crippen LogP contribution in [-0.2, 0) is 4.79 Å². The largest absolute Gasteiger partial charge is 0.482 e. The maximum absolute atomic E-state index is 13.3. The molecule has 9 heteroatoms. The SMILES string of the molecule is O=C1COc2ccc(-c3csc(=Nc4ccc(F)cc4)n3N=Cc3ccccn3)cc2N1. The molecule has 0 spiro atoms. The molecule has 158 valence electrons. The molecule has 1 N–H and O–H groups in total. The summed E-state index contributed by atoms with van der Waals surface area (Å²) >= 11 is 1.39. The quantitative estimate of drug-likeness (QED) is 0.478. The number of ether oxygens (including phenoxy) is 1. The highest BCUT2D eigenvalue weighted by atomic mass is 32.1. The van der Waals surface area contributed by atoms with Crippen LogP contribution in [0.5, 0.6) is 5.75 Å². The lowest BCUT2D eigenvalue weighted by Gasteiger charge is -2.18. The Morgan fingerprint density at radius 1 is 1.16 bits per heavy atom. The Morgan fingerprint density at radius 2 is 2.03 bits per heavy atom. The molecule has 2 aromatic carbocycles. The average molecular weight is 445 g/mol. The second-order valence-corrected chi connectivity index (χ2v) is 7.69. The van der Waals surface area contributed by atoms with Crippen LogP contribution >= 0.6 is 11.3 Å². The van der Waals surface area contributed by atoms with Crippen LogP contribution in [0.15, 0.2) is 82.3 Å². The van der Waals surface area contributed by atoms with E-state index in [0.29, 0.717) is 27.6 Å². The van der Waals surface area contributed by atoms with E-state index in [4.69, 9.17) is 4.74 Å². The fourth-order valence-corrected chi connectivity index (χ4v) is 3.98. The summed E-state index contributed by atoms with van der Waals surface area (Å²) in [5.74, 6) is 0.0894. The van der Waals surface area contributed by atoms with Gasteiger partial charge in [0.15, 0.2) is 6.61 Å². The summed E-state index contributed by atoms with van der Waals surface area (Å²) in [4.78, 5) is 21.2. The maximum Gasteiger partial charge on any atom is 0.262 e. The number of aromatic nitrogens is 2. The fourth-order valence-electron chi connectivity index (χ4n) is 3.12. The number of amides is 1. The van der Waals surface area contributed by atoms with Gasteiger partial charge in [-0.15, -0.1) is 11.3 Å². The van der Waals surface area contributed by atoms with Crippen LogP contribution in [0.3, 0.4) is 0 Å². The summed E-state index contributed by atoms with van der Waals surface area (Å²) in [5.41, 5.74) is 3.49. The van der Waals surface area contributed by atoms with E-state index in [1.807, 2.05) is 41.8 Å². The van der Waals surface area contributed by atoms with Gasteiger partial charge in [-0.3, -0.25) is 9.78 Å². The standard InChI is InChI=1S/C23H16FN5O2S/c24-16-5-7-17(8-6-16)27-23-29(26-12-18-3-1-2-10-25-18)20(14-32-23)15-4-9-21-19(11-15)28-22(30)13-31-21/h1-12,14H,13H2,(H,28,30). The summed E-state index contributed by atoms with van der Waals surface area (Å²) in [6.07, 6.45) is 3.33. The third-order valence-electron chi connectivity index (χ3n) is 4.64. The first-order valence-corrected chi connectivity index (χ1v) is 10.6. The van der Waals surface area contributed by atoms with Gasteiger partial charge in [0.1, 0.15) is 11.6 Å². The van der Waals surface area contributed by atoms with E-state index in [-0.39, 0.29) is 18.3 Å². The topological polar surface area (TPSA) is 80.9 Å². The molecule has 5 rings (SSSR count). The van der Waals surface area contributed by atoms with Crippen molar-refractivity contribution in [1.82, 2.24) is 9.66 Å². The Bertz CT molecular complexity index is 1380. The molecule has 7 nitrogen and oxygen atoms in total. The number of nitrogens with one attached hydrogen (secondary N) is 1. The molecule has 0 aliphatic carbocycles. The first-order valence-electron chi connectivity index (χ1n) is 9.69. The van der Waals surface area contributed by atoms with Gasteiger partial charge in [0.25, 0.3) is 5.91 Å².